The molecule has 0 aliphatic carbocycles. The van der Waals surface area contributed by atoms with Gasteiger partial charge in [-0.05, 0) is 30.3 Å². The topological polar surface area (TPSA) is 94.3 Å². The third-order valence-electron chi connectivity index (χ3n) is 3.44. The van der Waals surface area contributed by atoms with Gasteiger partial charge in [-0.25, -0.2) is 4.98 Å². The van der Waals surface area contributed by atoms with E-state index in [1.165, 1.54) is 17.4 Å². The molecule has 3 N–H and O–H groups in total. The SMILES string of the molecule is NC(=O)CCOc1ccccc1NC(=O)/C=C/c1nc2ccccc2s1. The van der Waals surface area contributed by atoms with Crippen LogP contribution in [-0.4, -0.2) is 23.4 Å². The molecular weight excluding hydrogens is 350 g/mol. The first-order chi connectivity index (χ1) is 12.6. The van der Waals surface area contributed by atoms with Gasteiger partial charge in [0.25, 0.3) is 0 Å². The quantitative estimate of drug-likeness (QED) is 0.627. The van der Waals surface area contributed by atoms with Crippen molar-refractivity contribution in [1.29, 1.82) is 0 Å². The van der Waals surface area contributed by atoms with Gasteiger partial charge in [0.2, 0.25) is 11.8 Å². The Labute approximate surface area is 154 Å². The lowest BCUT2D eigenvalue weighted by Gasteiger charge is -2.10. The van der Waals surface area contributed by atoms with Gasteiger partial charge in [0.05, 0.1) is 28.9 Å². The fraction of sp³-hybridized carbons (Fsp3) is 0.105. The van der Waals surface area contributed by atoms with Crippen LogP contribution in [-0.2, 0) is 9.59 Å². The van der Waals surface area contributed by atoms with Gasteiger partial charge in [-0.3, -0.25) is 9.59 Å². The number of para-hydroxylation sites is 3. The second-order valence-electron chi connectivity index (χ2n) is 5.40. The lowest BCUT2D eigenvalue weighted by atomic mass is 10.3. The molecule has 6 nitrogen and oxygen atoms in total. The van der Waals surface area contributed by atoms with E-state index in [4.69, 9.17) is 10.5 Å². The Morgan fingerprint density at radius 3 is 2.73 bits per heavy atom. The molecule has 0 aliphatic heterocycles. The lowest BCUT2D eigenvalue weighted by Crippen LogP contribution is -2.15. The molecular formula is C19H17N3O3S. The Kier molecular flexibility index (Phi) is 5.60. The molecule has 3 aromatic rings. The maximum atomic E-state index is 12.2. The number of nitrogens with two attached hydrogens (primary N) is 1. The molecule has 7 heteroatoms. The molecule has 132 valence electrons. The molecule has 0 fully saturated rings. The van der Waals surface area contributed by atoms with Crippen molar-refractivity contribution in [2.24, 2.45) is 5.73 Å². The molecule has 3 rings (SSSR count). The van der Waals surface area contributed by atoms with Crippen LogP contribution in [0.25, 0.3) is 16.3 Å². The van der Waals surface area contributed by atoms with Crippen molar-refractivity contribution in [3.05, 3.63) is 59.6 Å². The molecule has 0 spiro atoms. The van der Waals surface area contributed by atoms with Crippen molar-refractivity contribution < 1.29 is 14.3 Å². The van der Waals surface area contributed by atoms with E-state index in [2.05, 4.69) is 10.3 Å². The summed E-state index contributed by atoms with van der Waals surface area (Å²) in [4.78, 5) is 27.4. The molecule has 0 saturated heterocycles. The number of nitrogens with one attached hydrogen (secondary N) is 1. The van der Waals surface area contributed by atoms with Gasteiger partial charge in [-0.2, -0.15) is 0 Å². The van der Waals surface area contributed by atoms with Crippen molar-refractivity contribution in [3.8, 4) is 5.75 Å². The number of amides is 2. The molecule has 0 radical (unpaired) electrons. The molecule has 0 bridgehead atoms. The molecule has 0 saturated carbocycles. The first-order valence-electron chi connectivity index (χ1n) is 7.96. The van der Waals surface area contributed by atoms with Crippen LogP contribution in [0.2, 0.25) is 0 Å². The van der Waals surface area contributed by atoms with E-state index >= 15 is 0 Å². The van der Waals surface area contributed by atoms with E-state index in [9.17, 15) is 9.59 Å². The summed E-state index contributed by atoms with van der Waals surface area (Å²) in [5.41, 5.74) is 6.53. The zero-order valence-corrected chi connectivity index (χ0v) is 14.7. The van der Waals surface area contributed by atoms with Gasteiger partial charge in [0.15, 0.2) is 0 Å². The van der Waals surface area contributed by atoms with Crippen LogP contribution < -0.4 is 15.8 Å². The van der Waals surface area contributed by atoms with Crippen LogP contribution in [0.5, 0.6) is 5.75 Å². The first kappa shape index (κ1) is 17.6. The van der Waals surface area contributed by atoms with Crippen LogP contribution in [0.1, 0.15) is 11.4 Å². The van der Waals surface area contributed by atoms with E-state index < -0.39 is 5.91 Å². The van der Waals surface area contributed by atoms with Gasteiger partial charge < -0.3 is 15.8 Å². The van der Waals surface area contributed by atoms with Crippen molar-refractivity contribution in [2.75, 3.05) is 11.9 Å². The second kappa shape index (κ2) is 8.26. The molecule has 0 atom stereocenters. The number of ether oxygens (including phenoxy) is 1. The minimum Gasteiger partial charge on any atom is -0.491 e. The highest BCUT2D eigenvalue weighted by Gasteiger charge is 2.07. The predicted molar refractivity (Wildman–Crippen MR) is 103 cm³/mol. The number of carbonyl (C=O) groups excluding carboxylic acids is 2. The van der Waals surface area contributed by atoms with Gasteiger partial charge in [-0.1, -0.05) is 24.3 Å². The number of carbonyl (C=O) groups is 2. The van der Waals surface area contributed by atoms with Gasteiger partial charge >= 0.3 is 0 Å². The Bertz CT molecular complexity index is 932. The highest BCUT2D eigenvalue weighted by molar-refractivity contribution is 7.19. The molecule has 2 amide bonds. The van der Waals surface area contributed by atoms with E-state index in [0.717, 1.165) is 15.2 Å². The summed E-state index contributed by atoms with van der Waals surface area (Å²) in [5.74, 6) is -0.254. The normalized spacial score (nSPS) is 10.9. The number of aromatic nitrogens is 1. The van der Waals surface area contributed by atoms with E-state index in [-0.39, 0.29) is 18.9 Å². The fourth-order valence-electron chi connectivity index (χ4n) is 2.24. The summed E-state index contributed by atoms with van der Waals surface area (Å²) in [7, 11) is 0. The Hall–Kier alpha value is -3.19. The van der Waals surface area contributed by atoms with E-state index in [0.29, 0.717) is 11.4 Å². The summed E-state index contributed by atoms with van der Waals surface area (Å²) < 4.78 is 6.57. The maximum absolute atomic E-state index is 12.2. The minimum absolute atomic E-state index is 0.111. The predicted octanol–water partition coefficient (Wildman–Crippen LogP) is 3.20. The largest absolute Gasteiger partial charge is 0.491 e. The first-order valence-corrected chi connectivity index (χ1v) is 8.78. The van der Waals surface area contributed by atoms with Crippen molar-refractivity contribution in [1.82, 2.24) is 4.98 Å². The van der Waals surface area contributed by atoms with Crippen LogP contribution in [0.15, 0.2) is 54.6 Å². The van der Waals surface area contributed by atoms with Crippen LogP contribution in [0.3, 0.4) is 0 Å². The number of hydrogen-bond acceptors (Lipinski definition) is 5. The van der Waals surface area contributed by atoms with Gasteiger partial charge in [-0.15, -0.1) is 11.3 Å². The molecule has 1 aromatic heterocycles. The Morgan fingerprint density at radius 1 is 1.15 bits per heavy atom. The van der Waals surface area contributed by atoms with Crippen LogP contribution >= 0.6 is 11.3 Å². The smallest absolute Gasteiger partial charge is 0.248 e. The lowest BCUT2D eigenvalue weighted by molar-refractivity contribution is -0.118. The van der Waals surface area contributed by atoms with Crippen LogP contribution in [0, 0.1) is 0 Å². The number of primary amides is 1. The average molecular weight is 367 g/mol. The number of nitrogens with zero attached hydrogens (tertiary/aromatic N) is 1. The number of benzene rings is 2. The summed E-state index contributed by atoms with van der Waals surface area (Å²) in [6, 6.07) is 14.8. The summed E-state index contributed by atoms with van der Waals surface area (Å²) in [5, 5.41) is 3.52. The molecule has 0 aliphatic rings. The minimum atomic E-state index is -0.440. The number of hydrogen-bond donors (Lipinski definition) is 2. The zero-order chi connectivity index (χ0) is 18.4. The van der Waals surface area contributed by atoms with E-state index in [1.54, 1.807) is 30.3 Å². The van der Waals surface area contributed by atoms with Crippen molar-refractivity contribution in [3.63, 3.8) is 0 Å². The van der Waals surface area contributed by atoms with Crippen LogP contribution in [0.4, 0.5) is 5.69 Å². The number of thiazole rings is 1. The third kappa shape index (κ3) is 4.67. The number of rotatable bonds is 7. The standard InChI is InChI=1S/C19H17N3O3S/c20-17(23)11-12-25-15-7-3-1-5-13(15)21-18(24)9-10-19-22-14-6-2-4-8-16(14)26-19/h1-10H,11-12H2,(H2,20,23)(H,21,24)/b10-9+. The molecule has 1 heterocycles. The molecule has 0 unspecified atom stereocenters. The second-order valence-corrected chi connectivity index (χ2v) is 6.47. The zero-order valence-electron chi connectivity index (χ0n) is 13.8. The highest BCUT2D eigenvalue weighted by Crippen LogP contribution is 2.25. The van der Waals surface area contributed by atoms with Gasteiger partial charge in [0, 0.05) is 6.08 Å². The average Bonchev–Trinajstić information content (AvgIpc) is 3.04. The molecule has 2 aromatic carbocycles. The van der Waals surface area contributed by atoms with Crippen molar-refractivity contribution in [2.45, 2.75) is 6.42 Å². The third-order valence-corrected chi connectivity index (χ3v) is 4.44. The summed E-state index contributed by atoms with van der Waals surface area (Å²) in [6.45, 7) is 0.157. The monoisotopic (exact) mass is 367 g/mol. The fourth-order valence-corrected chi connectivity index (χ4v) is 3.11. The number of anilines is 1. The van der Waals surface area contributed by atoms with Crippen molar-refractivity contribution >= 4 is 45.1 Å². The Morgan fingerprint density at radius 2 is 1.92 bits per heavy atom. The Balaban J connectivity index is 1.65. The number of fused-ring (bicyclic) bond motifs is 1. The summed E-state index contributed by atoms with van der Waals surface area (Å²) in [6.07, 6.45) is 3.22. The maximum Gasteiger partial charge on any atom is 0.248 e. The summed E-state index contributed by atoms with van der Waals surface area (Å²) >= 11 is 1.52. The highest BCUT2D eigenvalue weighted by atomic mass is 32.1. The van der Waals surface area contributed by atoms with Gasteiger partial charge in [0.1, 0.15) is 10.8 Å². The molecule has 26 heavy (non-hydrogen) atoms. The van der Waals surface area contributed by atoms with E-state index in [1.807, 2.05) is 24.3 Å².